The van der Waals surface area contributed by atoms with E-state index in [1.165, 1.54) is 122 Å². The molecule has 0 spiro atoms. The smallest absolute Gasteiger partial charge is 0.220 e. The van der Waals surface area contributed by atoms with Crippen molar-refractivity contribution in [3.8, 4) is 0 Å². The lowest BCUT2D eigenvalue weighted by molar-refractivity contribution is -0.123. The fourth-order valence-electron chi connectivity index (χ4n) is 6.38. The molecule has 54 heavy (non-hydrogen) atoms. The molecule has 0 aromatic heterocycles. The Balaban J connectivity index is 3.55. The van der Waals surface area contributed by atoms with E-state index in [0.717, 1.165) is 64.2 Å². The first kappa shape index (κ1) is 51.6. The molecule has 3 N–H and O–H groups in total. The van der Waals surface area contributed by atoms with Crippen LogP contribution in [0.25, 0.3) is 0 Å². The fourth-order valence-corrected chi connectivity index (χ4v) is 6.38. The SMILES string of the molecule is CC/C=C\C/C=C\C/C=C\C/C=C\CCCCCCCCCCCCCCCCCCC(=O)NC(CO)C(O)/C=C/CC/C=C/CC/C=C/CCCCC. The van der Waals surface area contributed by atoms with Crippen LogP contribution in [0.2, 0.25) is 0 Å². The van der Waals surface area contributed by atoms with Gasteiger partial charge in [-0.25, -0.2) is 0 Å². The molecule has 0 fully saturated rings. The summed E-state index contributed by atoms with van der Waals surface area (Å²) >= 11 is 0. The van der Waals surface area contributed by atoms with Gasteiger partial charge in [-0.05, 0) is 83.5 Å². The van der Waals surface area contributed by atoms with E-state index < -0.39 is 12.1 Å². The second-order valence-corrected chi connectivity index (χ2v) is 15.1. The number of unbranched alkanes of at least 4 members (excludes halogenated alkanes) is 21. The molecule has 0 aliphatic rings. The number of hydrogen-bond donors (Lipinski definition) is 3. The summed E-state index contributed by atoms with van der Waals surface area (Å²) in [4.78, 5) is 12.4. The normalized spacial score (nSPS) is 13.8. The van der Waals surface area contributed by atoms with Crippen LogP contribution in [-0.2, 0) is 4.79 Å². The minimum Gasteiger partial charge on any atom is -0.394 e. The summed E-state index contributed by atoms with van der Waals surface area (Å²) in [6, 6.07) is -0.647. The van der Waals surface area contributed by atoms with Crippen LogP contribution in [0.3, 0.4) is 0 Å². The predicted octanol–water partition coefficient (Wildman–Crippen LogP) is 14.5. The molecule has 2 unspecified atom stereocenters. The van der Waals surface area contributed by atoms with Crippen LogP contribution < -0.4 is 5.32 Å². The number of carbonyl (C=O) groups excluding carboxylic acids is 1. The molecule has 0 saturated carbocycles. The second-order valence-electron chi connectivity index (χ2n) is 15.1. The largest absolute Gasteiger partial charge is 0.394 e. The zero-order chi connectivity index (χ0) is 39.3. The van der Waals surface area contributed by atoms with Gasteiger partial charge < -0.3 is 15.5 Å². The lowest BCUT2D eigenvalue weighted by Gasteiger charge is -2.19. The van der Waals surface area contributed by atoms with E-state index in [-0.39, 0.29) is 12.5 Å². The van der Waals surface area contributed by atoms with Gasteiger partial charge in [-0.15, -0.1) is 0 Å². The molecule has 0 radical (unpaired) electrons. The molecule has 0 aromatic carbocycles. The van der Waals surface area contributed by atoms with E-state index in [1.54, 1.807) is 6.08 Å². The average molecular weight is 750 g/mol. The lowest BCUT2D eigenvalue weighted by atomic mass is 10.0. The minimum atomic E-state index is -0.872. The standard InChI is InChI=1S/C50H87NO3/c1-3-5-7-9-11-13-15-17-18-19-20-21-22-23-24-25-26-27-28-29-30-31-32-34-36-38-40-42-44-46-50(54)51-48(47-52)49(53)45-43-41-39-37-35-33-16-14-12-10-8-6-4-2/h5,7,11-14,17-18,20-21,35,37,43,45,48-49,52-53H,3-4,6,8-10,15-16,19,22-34,36,38-42,44,46-47H2,1-2H3,(H,51,54)/b7-5-,13-11-,14-12+,18-17-,21-20-,37-35+,45-43+. The Bertz CT molecular complexity index is 988. The maximum atomic E-state index is 12.4. The number of nitrogens with one attached hydrogen (secondary N) is 1. The highest BCUT2D eigenvalue weighted by Gasteiger charge is 2.17. The summed E-state index contributed by atoms with van der Waals surface area (Å²) < 4.78 is 0. The number of rotatable bonds is 40. The van der Waals surface area contributed by atoms with Gasteiger partial charge in [0.2, 0.25) is 5.91 Å². The molecular weight excluding hydrogens is 663 g/mol. The van der Waals surface area contributed by atoms with Crippen molar-refractivity contribution in [1.29, 1.82) is 0 Å². The highest BCUT2D eigenvalue weighted by molar-refractivity contribution is 5.76. The Morgan fingerprint density at radius 2 is 0.833 bits per heavy atom. The van der Waals surface area contributed by atoms with E-state index >= 15 is 0 Å². The number of allylic oxidation sites excluding steroid dienone is 13. The average Bonchev–Trinajstić information content (AvgIpc) is 3.18. The number of aliphatic hydroxyl groups is 2. The Morgan fingerprint density at radius 1 is 0.463 bits per heavy atom. The summed E-state index contributed by atoms with van der Waals surface area (Å²) in [5, 5.41) is 22.9. The van der Waals surface area contributed by atoms with E-state index in [0.29, 0.717) is 6.42 Å². The molecule has 0 aromatic rings. The first-order chi connectivity index (χ1) is 26.7. The third-order valence-corrected chi connectivity index (χ3v) is 9.84. The monoisotopic (exact) mass is 750 g/mol. The predicted molar refractivity (Wildman–Crippen MR) is 239 cm³/mol. The summed E-state index contributed by atoms with van der Waals surface area (Å²) in [7, 11) is 0. The Labute approximate surface area is 335 Å². The van der Waals surface area contributed by atoms with E-state index in [1.807, 2.05) is 6.08 Å². The molecule has 0 aliphatic heterocycles. The zero-order valence-electron chi connectivity index (χ0n) is 35.5. The number of aliphatic hydroxyl groups excluding tert-OH is 2. The number of hydrogen-bond acceptors (Lipinski definition) is 3. The van der Waals surface area contributed by atoms with Gasteiger partial charge in [-0.1, -0.05) is 202 Å². The summed E-state index contributed by atoms with van der Waals surface area (Å²) in [6.07, 6.45) is 65.6. The van der Waals surface area contributed by atoms with E-state index in [2.05, 4.69) is 92.1 Å². The number of amides is 1. The Morgan fingerprint density at radius 3 is 1.30 bits per heavy atom. The third kappa shape index (κ3) is 40.7. The lowest BCUT2D eigenvalue weighted by Crippen LogP contribution is -2.45. The van der Waals surface area contributed by atoms with Crippen LogP contribution >= 0.6 is 0 Å². The topological polar surface area (TPSA) is 69.6 Å². The van der Waals surface area contributed by atoms with Gasteiger partial charge in [0.05, 0.1) is 18.8 Å². The molecule has 2 atom stereocenters. The summed E-state index contributed by atoms with van der Waals surface area (Å²) in [5.74, 6) is -0.0819. The van der Waals surface area contributed by atoms with Gasteiger partial charge in [-0.2, -0.15) is 0 Å². The maximum absolute atomic E-state index is 12.4. The van der Waals surface area contributed by atoms with E-state index in [4.69, 9.17) is 0 Å². The Kier molecular flexibility index (Phi) is 42.9. The Hall–Kier alpha value is -2.43. The molecule has 0 saturated heterocycles. The zero-order valence-corrected chi connectivity index (χ0v) is 35.5. The first-order valence-electron chi connectivity index (χ1n) is 22.8. The van der Waals surface area contributed by atoms with Crippen LogP contribution in [0.4, 0.5) is 0 Å². The molecule has 0 rings (SSSR count). The molecule has 1 amide bonds. The highest BCUT2D eigenvalue weighted by atomic mass is 16.3. The van der Waals surface area contributed by atoms with Gasteiger partial charge in [0.15, 0.2) is 0 Å². The van der Waals surface area contributed by atoms with Gasteiger partial charge in [0.25, 0.3) is 0 Å². The quantitative estimate of drug-likeness (QED) is 0.0431. The number of carbonyl (C=O) groups is 1. The van der Waals surface area contributed by atoms with Crippen molar-refractivity contribution in [2.75, 3.05) is 6.61 Å². The summed E-state index contributed by atoms with van der Waals surface area (Å²) in [6.45, 7) is 4.14. The minimum absolute atomic E-state index is 0.0819. The van der Waals surface area contributed by atoms with Crippen molar-refractivity contribution in [1.82, 2.24) is 5.32 Å². The van der Waals surface area contributed by atoms with E-state index in [9.17, 15) is 15.0 Å². The molecule has 0 heterocycles. The van der Waals surface area contributed by atoms with Gasteiger partial charge in [0.1, 0.15) is 0 Å². The molecule has 4 nitrogen and oxygen atoms in total. The van der Waals surface area contributed by atoms with Crippen molar-refractivity contribution >= 4 is 5.91 Å². The van der Waals surface area contributed by atoms with Crippen molar-refractivity contribution in [3.63, 3.8) is 0 Å². The van der Waals surface area contributed by atoms with Gasteiger partial charge >= 0.3 is 0 Å². The molecule has 0 bridgehead atoms. The molecule has 4 heteroatoms. The molecule has 310 valence electrons. The van der Waals surface area contributed by atoms with Gasteiger partial charge in [-0.3, -0.25) is 4.79 Å². The van der Waals surface area contributed by atoms with Crippen molar-refractivity contribution < 1.29 is 15.0 Å². The van der Waals surface area contributed by atoms with Gasteiger partial charge in [0, 0.05) is 6.42 Å². The van der Waals surface area contributed by atoms with Crippen LogP contribution in [0, 0.1) is 0 Å². The van der Waals surface area contributed by atoms with Crippen molar-refractivity contribution in [2.24, 2.45) is 0 Å². The maximum Gasteiger partial charge on any atom is 0.220 e. The fraction of sp³-hybridized carbons (Fsp3) is 0.700. The van der Waals surface area contributed by atoms with Crippen LogP contribution in [0.1, 0.15) is 206 Å². The van der Waals surface area contributed by atoms with Crippen molar-refractivity contribution in [2.45, 2.75) is 219 Å². The van der Waals surface area contributed by atoms with Crippen LogP contribution in [0.15, 0.2) is 85.1 Å². The third-order valence-electron chi connectivity index (χ3n) is 9.84. The molecular formula is C50H87NO3. The second kappa shape index (κ2) is 45.0. The van der Waals surface area contributed by atoms with Crippen LogP contribution in [-0.4, -0.2) is 34.9 Å². The van der Waals surface area contributed by atoms with Crippen molar-refractivity contribution in [3.05, 3.63) is 85.1 Å². The highest BCUT2D eigenvalue weighted by Crippen LogP contribution is 2.15. The first-order valence-corrected chi connectivity index (χ1v) is 22.8. The summed E-state index contributed by atoms with van der Waals surface area (Å²) in [5.41, 5.74) is 0. The van der Waals surface area contributed by atoms with Crippen LogP contribution in [0.5, 0.6) is 0 Å². The molecule has 0 aliphatic carbocycles.